The number of aromatic nitrogens is 4. The molecule has 9 nitrogen and oxygen atoms in total. The quantitative estimate of drug-likeness (QED) is 0.488. The molecular formula is C19H16N6O3. The maximum absolute atomic E-state index is 12.2. The van der Waals surface area contributed by atoms with Crippen molar-refractivity contribution < 1.29 is 14.3 Å². The van der Waals surface area contributed by atoms with Gasteiger partial charge < -0.3 is 20.1 Å². The van der Waals surface area contributed by atoms with Gasteiger partial charge in [-0.1, -0.05) is 6.07 Å². The number of nitrogens with one attached hydrogen (secondary N) is 3. The van der Waals surface area contributed by atoms with Crippen LogP contribution in [0.1, 0.15) is 0 Å². The zero-order chi connectivity index (χ0) is 19.3. The lowest BCUT2D eigenvalue weighted by Crippen LogP contribution is -2.19. The molecule has 0 aliphatic rings. The van der Waals surface area contributed by atoms with Crippen LogP contribution in [-0.2, 0) is 0 Å². The van der Waals surface area contributed by atoms with E-state index in [1.165, 1.54) is 6.33 Å². The smallest absolute Gasteiger partial charge is 0.323 e. The predicted molar refractivity (Wildman–Crippen MR) is 104 cm³/mol. The SMILES string of the molecule is COc1cccc(NC(=O)Nc2ccc(Oc3ncnc4[nH]ncc34)cc2)c1. The number of fused-ring (bicyclic) bond motifs is 1. The summed E-state index contributed by atoms with van der Waals surface area (Å²) in [5.41, 5.74) is 1.84. The number of methoxy groups -OCH3 is 1. The summed E-state index contributed by atoms with van der Waals surface area (Å²) >= 11 is 0. The average molecular weight is 376 g/mol. The zero-order valence-corrected chi connectivity index (χ0v) is 14.8. The van der Waals surface area contributed by atoms with E-state index in [4.69, 9.17) is 9.47 Å². The minimum atomic E-state index is -0.363. The Hall–Kier alpha value is -4.14. The number of hydrogen-bond acceptors (Lipinski definition) is 6. The monoisotopic (exact) mass is 376 g/mol. The molecule has 2 aromatic carbocycles. The molecule has 0 saturated heterocycles. The number of anilines is 2. The van der Waals surface area contributed by atoms with Crippen molar-refractivity contribution in [3.63, 3.8) is 0 Å². The van der Waals surface area contributed by atoms with Gasteiger partial charge in [-0.05, 0) is 36.4 Å². The molecule has 0 unspecified atom stereocenters. The summed E-state index contributed by atoms with van der Waals surface area (Å²) in [6.07, 6.45) is 3.00. The fourth-order valence-corrected chi connectivity index (χ4v) is 2.54. The molecule has 140 valence electrons. The molecule has 2 amide bonds. The molecule has 4 aromatic rings. The lowest BCUT2D eigenvalue weighted by molar-refractivity contribution is 0.262. The van der Waals surface area contributed by atoms with Crippen molar-refractivity contribution in [1.82, 2.24) is 20.2 Å². The Labute approximate surface area is 159 Å². The highest BCUT2D eigenvalue weighted by atomic mass is 16.5. The van der Waals surface area contributed by atoms with Crippen molar-refractivity contribution in [1.29, 1.82) is 0 Å². The van der Waals surface area contributed by atoms with Crippen LogP contribution in [0.25, 0.3) is 11.0 Å². The Morgan fingerprint density at radius 3 is 2.64 bits per heavy atom. The summed E-state index contributed by atoms with van der Waals surface area (Å²) in [5.74, 6) is 1.63. The topological polar surface area (TPSA) is 114 Å². The maximum Gasteiger partial charge on any atom is 0.323 e. The van der Waals surface area contributed by atoms with Gasteiger partial charge in [-0.15, -0.1) is 0 Å². The first-order valence-electron chi connectivity index (χ1n) is 8.35. The van der Waals surface area contributed by atoms with Gasteiger partial charge in [-0.25, -0.2) is 14.8 Å². The van der Waals surface area contributed by atoms with Crippen LogP contribution in [0, 0.1) is 0 Å². The standard InChI is InChI=1S/C19H16N6O3/c1-27-15-4-2-3-13(9-15)24-19(26)23-12-5-7-14(8-6-12)28-18-16-10-22-25-17(16)20-11-21-18/h2-11H,1H3,(H2,23,24,26)(H,20,21,22,25). The third-order valence-electron chi connectivity index (χ3n) is 3.87. The molecule has 0 bridgehead atoms. The van der Waals surface area contributed by atoms with E-state index in [1.807, 2.05) is 0 Å². The Bertz CT molecular complexity index is 1110. The Balaban J connectivity index is 1.40. The summed E-state index contributed by atoms with van der Waals surface area (Å²) < 4.78 is 10.9. The molecule has 0 spiro atoms. The molecular weight excluding hydrogens is 360 g/mol. The number of carbonyl (C=O) groups is 1. The van der Waals surface area contributed by atoms with E-state index in [1.54, 1.807) is 61.8 Å². The molecule has 0 atom stereocenters. The molecule has 2 aromatic heterocycles. The first-order chi connectivity index (χ1) is 13.7. The van der Waals surface area contributed by atoms with Crippen molar-refractivity contribution >= 4 is 28.4 Å². The van der Waals surface area contributed by atoms with Crippen LogP contribution < -0.4 is 20.1 Å². The van der Waals surface area contributed by atoms with E-state index < -0.39 is 0 Å². The van der Waals surface area contributed by atoms with Gasteiger partial charge in [0.05, 0.1) is 13.3 Å². The third-order valence-corrected chi connectivity index (χ3v) is 3.87. The number of aromatic amines is 1. The molecule has 28 heavy (non-hydrogen) atoms. The van der Waals surface area contributed by atoms with Gasteiger partial charge in [-0.3, -0.25) is 5.10 Å². The Morgan fingerprint density at radius 2 is 1.82 bits per heavy atom. The third kappa shape index (κ3) is 3.83. The normalized spacial score (nSPS) is 10.5. The second-order valence-electron chi connectivity index (χ2n) is 5.75. The molecule has 0 saturated carbocycles. The molecule has 3 N–H and O–H groups in total. The zero-order valence-electron chi connectivity index (χ0n) is 14.8. The van der Waals surface area contributed by atoms with Gasteiger partial charge in [0, 0.05) is 17.4 Å². The molecule has 0 aliphatic carbocycles. The van der Waals surface area contributed by atoms with Crippen LogP contribution >= 0.6 is 0 Å². The summed E-state index contributed by atoms with van der Waals surface area (Å²) in [6, 6.07) is 13.7. The van der Waals surface area contributed by atoms with E-state index in [9.17, 15) is 4.79 Å². The van der Waals surface area contributed by atoms with Gasteiger partial charge in [-0.2, -0.15) is 5.10 Å². The van der Waals surface area contributed by atoms with E-state index in [-0.39, 0.29) is 6.03 Å². The largest absolute Gasteiger partial charge is 0.497 e. The summed E-state index contributed by atoms with van der Waals surface area (Å²) in [5, 5.41) is 12.9. The molecule has 0 radical (unpaired) electrons. The highest BCUT2D eigenvalue weighted by molar-refractivity contribution is 5.99. The number of ether oxygens (including phenoxy) is 2. The first kappa shape index (κ1) is 17.3. The second kappa shape index (κ2) is 7.62. The lowest BCUT2D eigenvalue weighted by Gasteiger charge is -2.10. The van der Waals surface area contributed by atoms with E-state index in [0.29, 0.717) is 39.8 Å². The van der Waals surface area contributed by atoms with Crippen LogP contribution in [0.2, 0.25) is 0 Å². The fraction of sp³-hybridized carbons (Fsp3) is 0.0526. The fourth-order valence-electron chi connectivity index (χ4n) is 2.54. The number of benzene rings is 2. The van der Waals surface area contributed by atoms with Crippen LogP contribution in [0.3, 0.4) is 0 Å². The van der Waals surface area contributed by atoms with Crippen molar-refractivity contribution in [2.45, 2.75) is 0 Å². The van der Waals surface area contributed by atoms with Crippen molar-refractivity contribution in [2.24, 2.45) is 0 Å². The minimum absolute atomic E-state index is 0.363. The summed E-state index contributed by atoms with van der Waals surface area (Å²) in [7, 11) is 1.57. The van der Waals surface area contributed by atoms with E-state index in [2.05, 4.69) is 30.8 Å². The van der Waals surface area contributed by atoms with E-state index >= 15 is 0 Å². The Morgan fingerprint density at radius 1 is 1.00 bits per heavy atom. The number of nitrogens with zero attached hydrogens (tertiary/aromatic N) is 3. The van der Waals surface area contributed by atoms with Gasteiger partial charge in [0.15, 0.2) is 5.65 Å². The van der Waals surface area contributed by atoms with Crippen molar-refractivity contribution in [3.05, 3.63) is 61.1 Å². The van der Waals surface area contributed by atoms with Crippen LogP contribution in [-0.4, -0.2) is 33.3 Å². The number of amides is 2. The van der Waals surface area contributed by atoms with Gasteiger partial charge >= 0.3 is 6.03 Å². The maximum atomic E-state index is 12.2. The van der Waals surface area contributed by atoms with Crippen LogP contribution in [0.15, 0.2) is 61.1 Å². The molecule has 2 heterocycles. The van der Waals surface area contributed by atoms with Crippen molar-refractivity contribution in [3.8, 4) is 17.4 Å². The molecule has 0 aliphatic heterocycles. The number of rotatable bonds is 5. The number of hydrogen-bond donors (Lipinski definition) is 3. The van der Waals surface area contributed by atoms with Crippen LogP contribution in [0.4, 0.5) is 16.2 Å². The van der Waals surface area contributed by atoms with Gasteiger partial charge in [0.2, 0.25) is 5.88 Å². The highest BCUT2D eigenvalue weighted by Crippen LogP contribution is 2.26. The van der Waals surface area contributed by atoms with Crippen molar-refractivity contribution in [2.75, 3.05) is 17.7 Å². The predicted octanol–water partition coefficient (Wildman–Crippen LogP) is 3.80. The van der Waals surface area contributed by atoms with Crippen LogP contribution in [0.5, 0.6) is 17.4 Å². The molecule has 0 fully saturated rings. The minimum Gasteiger partial charge on any atom is -0.497 e. The number of urea groups is 1. The average Bonchev–Trinajstić information content (AvgIpc) is 3.19. The number of H-pyrrole nitrogens is 1. The molecule has 9 heteroatoms. The first-order valence-corrected chi connectivity index (χ1v) is 8.35. The Kier molecular flexibility index (Phi) is 4.70. The summed E-state index contributed by atoms with van der Waals surface area (Å²) in [4.78, 5) is 20.3. The molecule has 4 rings (SSSR count). The number of carbonyl (C=O) groups excluding carboxylic acids is 1. The van der Waals surface area contributed by atoms with Gasteiger partial charge in [0.1, 0.15) is 23.2 Å². The van der Waals surface area contributed by atoms with E-state index in [0.717, 1.165) is 0 Å². The second-order valence-corrected chi connectivity index (χ2v) is 5.75. The highest BCUT2D eigenvalue weighted by Gasteiger charge is 2.08. The summed E-state index contributed by atoms with van der Waals surface area (Å²) in [6.45, 7) is 0. The lowest BCUT2D eigenvalue weighted by atomic mass is 10.3. The van der Waals surface area contributed by atoms with Gasteiger partial charge in [0.25, 0.3) is 0 Å².